The second-order valence-corrected chi connectivity index (χ2v) is 6.16. The average Bonchev–Trinajstić information content (AvgIpc) is 1.89. The molecular formula is C8H16OSn. The third kappa shape index (κ3) is 6.46. The zero-order valence-electron chi connectivity index (χ0n) is 6.94. The molecule has 0 bridgehead atoms. The Balaban J connectivity index is 3.05. The van der Waals surface area contributed by atoms with Crippen molar-refractivity contribution in [1.82, 2.24) is 0 Å². The van der Waals surface area contributed by atoms with Gasteiger partial charge in [-0.1, -0.05) is 0 Å². The van der Waals surface area contributed by atoms with Gasteiger partial charge in [0.25, 0.3) is 0 Å². The van der Waals surface area contributed by atoms with Crippen molar-refractivity contribution in [1.29, 1.82) is 0 Å². The Morgan fingerprint density at radius 3 is 2.70 bits per heavy atom. The van der Waals surface area contributed by atoms with E-state index in [0.717, 1.165) is 10.4 Å². The van der Waals surface area contributed by atoms with E-state index in [0.29, 0.717) is 0 Å². The number of rotatable bonds is 6. The van der Waals surface area contributed by atoms with Gasteiger partial charge >= 0.3 is 74.0 Å². The fourth-order valence-electron chi connectivity index (χ4n) is 0.630. The van der Waals surface area contributed by atoms with E-state index in [-0.39, 0.29) is 21.1 Å². The minimum atomic E-state index is -0.357. The summed E-state index contributed by atoms with van der Waals surface area (Å²) < 4.78 is 7.77. The summed E-state index contributed by atoms with van der Waals surface area (Å²) in [4.78, 5) is 0. The van der Waals surface area contributed by atoms with E-state index < -0.39 is 0 Å². The Morgan fingerprint density at radius 2 is 2.20 bits per heavy atom. The molecule has 0 rings (SSSR count). The van der Waals surface area contributed by atoms with Crippen molar-refractivity contribution in [3.63, 3.8) is 0 Å². The SMILES string of the molecule is C=[C](OCC)[Sn][CH2]CCC. The van der Waals surface area contributed by atoms with Crippen LogP contribution in [-0.2, 0) is 4.74 Å². The van der Waals surface area contributed by atoms with Crippen LogP contribution in [-0.4, -0.2) is 27.7 Å². The Labute approximate surface area is 74.1 Å². The molecule has 0 aromatic heterocycles. The average molecular weight is 247 g/mol. The molecule has 0 N–H and O–H groups in total. The predicted octanol–water partition coefficient (Wildman–Crippen LogP) is 2.42. The second kappa shape index (κ2) is 7.45. The van der Waals surface area contributed by atoms with Gasteiger partial charge in [0, 0.05) is 0 Å². The molecule has 2 radical (unpaired) electrons. The Kier molecular flexibility index (Phi) is 7.70. The number of hydrogen-bond donors (Lipinski definition) is 0. The molecule has 2 heteroatoms. The summed E-state index contributed by atoms with van der Waals surface area (Å²) in [7, 11) is 0. The molecule has 0 saturated heterocycles. The molecule has 0 fully saturated rings. The van der Waals surface area contributed by atoms with Gasteiger partial charge in [0.05, 0.1) is 0 Å². The molecule has 0 aromatic carbocycles. The van der Waals surface area contributed by atoms with E-state index in [4.69, 9.17) is 4.74 Å². The van der Waals surface area contributed by atoms with Crippen LogP contribution < -0.4 is 0 Å². The van der Waals surface area contributed by atoms with Gasteiger partial charge in [-0.2, -0.15) is 0 Å². The molecule has 0 aliphatic heterocycles. The molecule has 0 aromatic rings. The molecule has 0 spiro atoms. The molecule has 0 heterocycles. The van der Waals surface area contributed by atoms with Crippen molar-refractivity contribution in [3.05, 3.63) is 10.4 Å². The number of hydrogen-bond acceptors (Lipinski definition) is 1. The Bertz CT molecular complexity index is 91.3. The van der Waals surface area contributed by atoms with Crippen molar-refractivity contribution >= 4 is 21.1 Å². The first-order chi connectivity index (χ1) is 4.81. The van der Waals surface area contributed by atoms with Gasteiger partial charge < -0.3 is 0 Å². The number of unbranched alkanes of at least 4 members (excludes halogenated alkanes) is 1. The van der Waals surface area contributed by atoms with Crippen LogP contribution in [0.1, 0.15) is 26.7 Å². The molecule has 1 nitrogen and oxygen atoms in total. The molecule has 58 valence electrons. The van der Waals surface area contributed by atoms with Crippen LogP contribution >= 0.6 is 0 Å². The normalized spacial score (nSPS) is 9.40. The molecular weight excluding hydrogens is 231 g/mol. The third-order valence-electron chi connectivity index (χ3n) is 1.17. The summed E-state index contributed by atoms with van der Waals surface area (Å²) in [5, 5.41) is 0. The van der Waals surface area contributed by atoms with Crippen LogP contribution in [0.3, 0.4) is 0 Å². The zero-order chi connectivity index (χ0) is 7.82. The summed E-state index contributed by atoms with van der Waals surface area (Å²) in [6.45, 7) is 8.91. The summed E-state index contributed by atoms with van der Waals surface area (Å²) in [6, 6.07) is 0. The molecule has 0 aliphatic rings. The third-order valence-corrected chi connectivity index (χ3v) is 4.43. The fraction of sp³-hybridized carbons (Fsp3) is 0.750. The van der Waals surface area contributed by atoms with Gasteiger partial charge in [-0.05, 0) is 0 Å². The van der Waals surface area contributed by atoms with Crippen LogP contribution in [0, 0.1) is 0 Å². The van der Waals surface area contributed by atoms with Crippen LogP contribution in [0.25, 0.3) is 0 Å². The summed E-state index contributed by atoms with van der Waals surface area (Å²) in [5.41, 5.74) is 0. The van der Waals surface area contributed by atoms with Gasteiger partial charge in [0.15, 0.2) is 0 Å². The van der Waals surface area contributed by atoms with Crippen molar-refractivity contribution < 1.29 is 4.74 Å². The number of ether oxygens (including phenoxy) is 1. The van der Waals surface area contributed by atoms with Gasteiger partial charge in [-0.25, -0.2) is 0 Å². The van der Waals surface area contributed by atoms with Crippen LogP contribution in [0.15, 0.2) is 10.4 Å². The van der Waals surface area contributed by atoms with Crippen molar-refractivity contribution in [3.8, 4) is 0 Å². The first-order valence-electron chi connectivity index (χ1n) is 3.86. The Morgan fingerprint density at radius 1 is 1.50 bits per heavy atom. The van der Waals surface area contributed by atoms with E-state index in [1.165, 1.54) is 17.3 Å². The first-order valence-corrected chi connectivity index (χ1v) is 7.31. The summed E-state index contributed by atoms with van der Waals surface area (Å²) >= 11 is -0.357. The standard InChI is InChI=1S/C4H7O.C4H9.Sn/c1-3-5-4-2;1-3-4-2;/h1,4H2,2H3;1,3-4H2,2H3;. The van der Waals surface area contributed by atoms with Crippen LogP contribution in [0.5, 0.6) is 0 Å². The molecule has 10 heavy (non-hydrogen) atoms. The van der Waals surface area contributed by atoms with Gasteiger partial charge in [0.2, 0.25) is 0 Å². The van der Waals surface area contributed by atoms with E-state index in [1.807, 2.05) is 6.92 Å². The fourth-order valence-corrected chi connectivity index (χ4v) is 3.64. The van der Waals surface area contributed by atoms with Gasteiger partial charge in [-0.3, -0.25) is 0 Å². The predicted molar refractivity (Wildman–Crippen MR) is 46.2 cm³/mol. The van der Waals surface area contributed by atoms with Crippen LogP contribution in [0.4, 0.5) is 0 Å². The summed E-state index contributed by atoms with van der Waals surface area (Å²) in [6.07, 6.45) is 2.67. The van der Waals surface area contributed by atoms with E-state index in [1.54, 1.807) is 0 Å². The zero-order valence-corrected chi connectivity index (χ0v) is 9.80. The van der Waals surface area contributed by atoms with Gasteiger partial charge in [-0.15, -0.1) is 0 Å². The second-order valence-electron chi connectivity index (χ2n) is 2.14. The topological polar surface area (TPSA) is 9.23 Å². The minimum absolute atomic E-state index is 0.357. The quantitative estimate of drug-likeness (QED) is 0.398. The molecule has 0 aliphatic carbocycles. The maximum absolute atomic E-state index is 5.27. The molecule has 0 saturated carbocycles. The van der Waals surface area contributed by atoms with Gasteiger partial charge in [0.1, 0.15) is 0 Å². The Hall–Kier alpha value is 0.339. The van der Waals surface area contributed by atoms with E-state index in [9.17, 15) is 0 Å². The van der Waals surface area contributed by atoms with Crippen molar-refractivity contribution in [2.24, 2.45) is 0 Å². The van der Waals surface area contributed by atoms with Crippen LogP contribution in [0.2, 0.25) is 4.44 Å². The van der Waals surface area contributed by atoms with E-state index in [2.05, 4.69) is 13.5 Å². The first kappa shape index (κ1) is 10.3. The van der Waals surface area contributed by atoms with Crippen molar-refractivity contribution in [2.75, 3.05) is 6.61 Å². The monoisotopic (exact) mass is 248 g/mol. The summed E-state index contributed by atoms with van der Waals surface area (Å²) in [5.74, 6) is 0. The molecule has 0 atom stereocenters. The molecule has 0 amide bonds. The van der Waals surface area contributed by atoms with Crippen molar-refractivity contribution in [2.45, 2.75) is 31.1 Å². The molecule has 0 unspecified atom stereocenters. The van der Waals surface area contributed by atoms with E-state index >= 15 is 0 Å². The maximum atomic E-state index is 5.27.